The number of carbonyl (C=O) groups is 2. The molecule has 0 aliphatic carbocycles. The fraction of sp³-hybridized carbons (Fsp3) is 0.294. The second-order valence-electron chi connectivity index (χ2n) is 5.28. The molecule has 6 nitrogen and oxygen atoms in total. The van der Waals surface area contributed by atoms with Crippen LogP contribution in [-0.2, 0) is 11.2 Å². The lowest BCUT2D eigenvalue weighted by Gasteiger charge is -2.12. The minimum atomic E-state index is -0.457. The molecule has 126 valence electrons. The molecule has 0 fully saturated rings. The second kappa shape index (κ2) is 7.92. The van der Waals surface area contributed by atoms with Gasteiger partial charge in [-0.15, -0.1) is 0 Å². The van der Waals surface area contributed by atoms with Gasteiger partial charge < -0.3 is 10.3 Å². The zero-order chi connectivity index (χ0) is 17.7. The fourth-order valence-corrected chi connectivity index (χ4v) is 2.83. The van der Waals surface area contributed by atoms with Crippen molar-refractivity contribution in [1.29, 1.82) is 0 Å². The number of amides is 1. The Morgan fingerprint density at radius 3 is 2.75 bits per heavy atom. The van der Waals surface area contributed by atoms with Crippen molar-refractivity contribution < 1.29 is 9.59 Å². The topological polar surface area (TPSA) is 91.9 Å². The highest BCUT2D eigenvalue weighted by atomic mass is 32.2. The largest absolute Gasteiger partial charge is 0.325 e. The molecular formula is C17H19N3O3S. The number of thioether (sulfide) groups is 1. The number of hydrogen-bond acceptors (Lipinski definition) is 5. The lowest BCUT2D eigenvalue weighted by atomic mass is 10.1. The van der Waals surface area contributed by atoms with Crippen molar-refractivity contribution in [2.75, 3.05) is 5.32 Å². The molecule has 0 radical (unpaired) electrons. The standard InChI is InChI=1S/C17H19N3O3S/c1-4-13-9-15(22)20-17(19-13)24-11(3)16(23)18-14-7-5-6-12(8-14)10(2)21/h5-9,11H,4H2,1-3H3,(H,18,23)(H,19,20,22). The van der Waals surface area contributed by atoms with E-state index >= 15 is 0 Å². The first-order valence-corrected chi connectivity index (χ1v) is 8.45. The monoisotopic (exact) mass is 345 g/mol. The Balaban J connectivity index is 2.07. The predicted molar refractivity (Wildman–Crippen MR) is 94.6 cm³/mol. The van der Waals surface area contributed by atoms with E-state index in [1.807, 2.05) is 6.92 Å². The first-order chi connectivity index (χ1) is 11.4. The van der Waals surface area contributed by atoms with Gasteiger partial charge in [-0.05, 0) is 32.4 Å². The van der Waals surface area contributed by atoms with Crippen molar-refractivity contribution in [3.8, 4) is 0 Å². The number of ketones is 1. The molecule has 0 saturated heterocycles. The van der Waals surface area contributed by atoms with Crippen molar-refractivity contribution in [2.45, 2.75) is 37.6 Å². The van der Waals surface area contributed by atoms with E-state index in [4.69, 9.17) is 0 Å². The molecule has 0 saturated carbocycles. The first-order valence-electron chi connectivity index (χ1n) is 7.57. The Morgan fingerprint density at radius 2 is 2.08 bits per heavy atom. The summed E-state index contributed by atoms with van der Waals surface area (Å²) in [6, 6.07) is 8.21. The van der Waals surface area contributed by atoms with Crippen LogP contribution in [0.2, 0.25) is 0 Å². The highest BCUT2D eigenvalue weighted by Gasteiger charge is 2.16. The summed E-state index contributed by atoms with van der Waals surface area (Å²) in [5.41, 5.74) is 1.55. The van der Waals surface area contributed by atoms with Crippen LogP contribution in [0.3, 0.4) is 0 Å². The van der Waals surface area contributed by atoms with Crippen molar-refractivity contribution in [2.24, 2.45) is 0 Å². The van der Waals surface area contributed by atoms with Crippen LogP contribution in [0.15, 0.2) is 40.3 Å². The molecule has 1 amide bonds. The summed E-state index contributed by atoms with van der Waals surface area (Å²) in [6.45, 7) is 5.12. The van der Waals surface area contributed by atoms with Crippen LogP contribution in [0.1, 0.15) is 36.8 Å². The quantitative estimate of drug-likeness (QED) is 0.477. The fourth-order valence-electron chi connectivity index (χ4n) is 2.00. The van der Waals surface area contributed by atoms with Crippen molar-refractivity contribution >= 4 is 29.1 Å². The number of nitrogens with one attached hydrogen (secondary N) is 2. The third kappa shape index (κ3) is 4.79. The van der Waals surface area contributed by atoms with Gasteiger partial charge in [-0.2, -0.15) is 0 Å². The Hall–Kier alpha value is -2.41. The molecule has 1 atom stereocenters. The molecule has 0 spiro atoms. The van der Waals surface area contributed by atoms with Gasteiger partial charge in [0.05, 0.1) is 5.25 Å². The van der Waals surface area contributed by atoms with Crippen molar-refractivity contribution in [1.82, 2.24) is 9.97 Å². The molecular weight excluding hydrogens is 326 g/mol. The maximum absolute atomic E-state index is 12.3. The molecule has 0 bridgehead atoms. The molecule has 7 heteroatoms. The number of H-pyrrole nitrogens is 1. The minimum absolute atomic E-state index is 0.0633. The Morgan fingerprint density at radius 1 is 1.33 bits per heavy atom. The smallest absolute Gasteiger partial charge is 0.251 e. The van der Waals surface area contributed by atoms with Crippen LogP contribution in [0.25, 0.3) is 0 Å². The second-order valence-corrected chi connectivity index (χ2v) is 6.61. The number of hydrogen-bond donors (Lipinski definition) is 2. The van der Waals surface area contributed by atoms with Crippen molar-refractivity contribution in [3.63, 3.8) is 0 Å². The third-order valence-electron chi connectivity index (χ3n) is 3.33. The third-order valence-corrected chi connectivity index (χ3v) is 4.31. The summed E-state index contributed by atoms with van der Waals surface area (Å²) in [7, 11) is 0. The Bertz CT molecular complexity index is 817. The van der Waals surface area contributed by atoms with E-state index in [1.165, 1.54) is 24.8 Å². The molecule has 0 aliphatic heterocycles. The summed E-state index contributed by atoms with van der Waals surface area (Å²) in [5, 5.41) is 2.73. The predicted octanol–water partition coefficient (Wildman–Crippen LogP) is 2.65. The molecule has 1 heterocycles. The highest BCUT2D eigenvalue weighted by molar-refractivity contribution is 8.00. The number of aromatic amines is 1. The molecule has 2 rings (SSSR count). The van der Waals surface area contributed by atoms with E-state index in [2.05, 4.69) is 15.3 Å². The van der Waals surface area contributed by atoms with E-state index < -0.39 is 5.25 Å². The number of nitrogens with zero attached hydrogens (tertiary/aromatic N) is 1. The van der Waals surface area contributed by atoms with Gasteiger partial charge in [-0.3, -0.25) is 14.4 Å². The molecule has 2 N–H and O–H groups in total. The number of anilines is 1. The summed E-state index contributed by atoms with van der Waals surface area (Å²) in [6.07, 6.45) is 0.649. The number of rotatable bonds is 6. The number of aryl methyl sites for hydroxylation is 1. The van der Waals surface area contributed by atoms with E-state index in [1.54, 1.807) is 31.2 Å². The number of aromatic nitrogens is 2. The maximum Gasteiger partial charge on any atom is 0.251 e. The van der Waals surface area contributed by atoms with Crippen LogP contribution in [0, 0.1) is 0 Å². The maximum atomic E-state index is 12.3. The van der Waals surface area contributed by atoms with Crippen LogP contribution in [-0.4, -0.2) is 26.9 Å². The van der Waals surface area contributed by atoms with Crippen LogP contribution in [0.4, 0.5) is 5.69 Å². The molecule has 24 heavy (non-hydrogen) atoms. The van der Waals surface area contributed by atoms with Gasteiger partial charge in [0, 0.05) is 23.0 Å². The zero-order valence-corrected chi connectivity index (χ0v) is 14.6. The number of benzene rings is 1. The van der Waals surface area contributed by atoms with Gasteiger partial charge in [-0.25, -0.2) is 4.98 Å². The van der Waals surface area contributed by atoms with Gasteiger partial charge in [0.15, 0.2) is 10.9 Å². The van der Waals surface area contributed by atoms with Crippen LogP contribution in [0.5, 0.6) is 0 Å². The lowest BCUT2D eigenvalue weighted by Crippen LogP contribution is -2.23. The van der Waals surface area contributed by atoms with E-state index in [-0.39, 0.29) is 17.2 Å². The van der Waals surface area contributed by atoms with Crippen molar-refractivity contribution in [3.05, 3.63) is 51.9 Å². The average Bonchev–Trinajstić information content (AvgIpc) is 2.54. The summed E-state index contributed by atoms with van der Waals surface area (Å²) in [5.74, 6) is -0.295. The summed E-state index contributed by atoms with van der Waals surface area (Å²) in [4.78, 5) is 42.2. The number of Topliss-reactive ketones (excluding diaryl/α,β-unsaturated/α-hetero) is 1. The van der Waals surface area contributed by atoms with Gasteiger partial charge in [-0.1, -0.05) is 30.8 Å². The van der Waals surface area contributed by atoms with E-state index in [0.29, 0.717) is 28.5 Å². The van der Waals surface area contributed by atoms with E-state index in [0.717, 1.165) is 0 Å². The molecule has 1 unspecified atom stereocenters. The SMILES string of the molecule is CCc1cc(=O)[nH]c(SC(C)C(=O)Nc2cccc(C(C)=O)c2)n1. The molecule has 0 aliphatic rings. The zero-order valence-electron chi connectivity index (χ0n) is 13.8. The average molecular weight is 345 g/mol. The lowest BCUT2D eigenvalue weighted by molar-refractivity contribution is -0.115. The summed E-state index contributed by atoms with van der Waals surface area (Å²) < 4.78 is 0. The Kier molecular flexibility index (Phi) is 5.92. The number of carbonyl (C=O) groups excluding carboxylic acids is 2. The van der Waals surface area contributed by atoms with Gasteiger partial charge >= 0.3 is 0 Å². The van der Waals surface area contributed by atoms with E-state index in [9.17, 15) is 14.4 Å². The molecule has 1 aromatic carbocycles. The summed E-state index contributed by atoms with van der Waals surface area (Å²) >= 11 is 1.18. The highest BCUT2D eigenvalue weighted by Crippen LogP contribution is 2.20. The van der Waals surface area contributed by atoms with Gasteiger partial charge in [0.1, 0.15) is 0 Å². The van der Waals surface area contributed by atoms with Crippen LogP contribution >= 0.6 is 11.8 Å². The normalized spacial score (nSPS) is 11.8. The first kappa shape index (κ1) is 17.9. The Labute approximate surface area is 144 Å². The van der Waals surface area contributed by atoms with Gasteiger partial charge in [0.2, 0.25) is 5.91 Å². The van der Waals surface area contributed by atoms with Crippen LogP contribution < -0.4 is 10.9 Å². The minimum Gasteiger partial charge on any atom is -0.325 e. The molecule has 1 aromatic heterocycles. The molecule has 2 aromatic rings. The van der Waals surface area contributed by atoms with Gasteiger partial charge in [0.25, 0.3) is 5.56 Å².